The molecule has 0 aromatic heterocycles. The fourth-order valence-electron chi connectivity index (χ4n) is 4.22. The van der Waals surface area contributed by atoms with Gasteiger partial charge >= 0.3 is 0 Å². The molecule has 0 aromatic rings. The quantitative estimate of drug-likeness (QED) is 0.240. The highest BCUT2D eigenvalue weighted by atomic mass is 28.4. The Bertz CT molecular complexity index is 752. The minimum Gasteiger partial charge on any atom is -0.479 e. The van der Waals surface area contributed by atoms with E-state index in [1.165, 1.54) is 49.3 Å². The Kier molecular flexibility index (Phi) is 10.3. The van der Waals surface area contributed by atoms with E-state index in [9.17, 15) is 0 Å². The maximum atomic E-state index is 8.96. The lowest BCUT2D eigenvalue weighted by Crippen LogP contribution is -2.42. The standard InChI is InChI=1S/C25H42N2O2Si2/c1-30(2,3)29-31(4,5)19-11-9-7-6-8-10-18-28-25-17-16-24(21-27-25)23-14-12-22(20-26)13-15-23/h12,14,16-17,27H,6-11,13,15,18-19,21H2,1-5H3. The predicted molar refractivity (Wildman–Crippen MR) is 136 cm³/mol. The molecule has 2 rings (SSSR count). The number of nitrogens with zero attached hydrogens (tertiary/aromatic N) is 1. The Morgan fingerprint density at radius 2 is 1.55 bits per heavy atom. The predicted octanol–water partition coefficient (Wildman–Crippen LogP) is 6.94. The number of allylic oxidation sites excluding steroid dienone is 5. The molecule has 0 unspecified atom stereocenters. The summed E-state index contributed by atoms with van der Waals surface area (Å²) in [6.45, 7) is 13.2. The lowest BCUT2D eigenvalue weighted by Gasteiger charge is -2.31. The number of dihydropyridines is 1. The molecule has 1 aliphatic carbocycles. The van der Waals surface area contributed by atoms with Crippen LogP contribution in [0.4, 0.5) is 0 Å². The monoisotopic (exact) mass is 458 g/mol. The zero-order valence-electron chi connectivity index (χ0n) is 20.4. The number of ether oxygens (including phenoxy) is 1. The van der Waals surface area contributed by atoms with E-state index in [1.54, 1.807) is 0 Å². The number of rotatable bonds is 13. The van der Waals surface area contributed by atoms with E-state index in [-0.39, 0.29) is 0 Å². The molecule has 0 saturated heterocycles. The topological polar surface area (TPSA) is 54.3 Å². The van der Waals surface area contributed by atoms with Crippen molar-refractivity contribution in [1.82, 2.24) is 5.32 Å². The highest BCUT2D eigenvalue weighted by molar-refractivity contribution is 6.84. The van der Waals surface area contributed by atoms with E-state index >= 15 is 0 Å². The van der Waals surface area contributed by atoms with Gasteiger partial charge in [0.05, 0.1) is 12.7 Å². The van der Waals surface area contributed by atoms with Crippen molar-refractivity contribution in [3.63, 3.8) is 0 Å². The molecular formula is C25H42N2O2Si2. The highest BCUT2D eigenvalue weighted by Crippen LogP contribution is 2.25. The molecule has 0 saturated carbocycles. The Balaban J connectivity index is 1.53. The van der Waals surface area contributed by atoms with Gasteiger partial charge in [-0.05, 0) is 81.3 Å². The summed E-state index contributed by atoms with van der Waals surface area (Å²) < 4.78 is 12.3. The van der Waals surface area contributed by atoms with Gasteiger partial charge in [-0.25, -0.2) is 0 Å². The molecule has 4 nitrogen and oxygen atoms in total. The first-order valence-corrected chi connectivity index (χ1v) is 18.5. The van der Waals surface area contributed by atoms with Crippen molar-refractivity contribution in [3.05, 3.63) is 46.9 Å². The molecule has 0 atom stereocenters. The van der Waals surface area contributed by atoms with Gasteiger partial charge in [0.2, 0.25) is 0 Å². The molecular weight excluding hydrogens is 416 g/mol. The first-order chi connectivity index (χ1) is 14.7. The number of nitriles is 1. The fourth-order valence-corrected chi connectivity index (χ4v) is 12.4. The van der Waals surface area contributed by atoms with E-state index in [1.807, 2.05) is 12.2 Å². The molecule has 6 heteroatoms. The average molecular weight is 459 g/mol. The van der Waals surface area contributed by atoms with E-state index in [0.717, 1.165) is 43.9 Å². The van der Waals surface area contributed by atoms with Crippen LogP contribution in [0.1, 0.15) is 51.4 Å². The van der Waals surface area contributed by atoms with Crippen LogP contribution in [-0.2, 0) is 8.85 Å². The van der Waals surface area contributed by atoms with Gasteiger partial charge in [0.25, 0.3) is 0 Å². The van der Waals surface area contributed by atoms with Gasteiger partial charge in [0, 0.05) is 12.1 Å². The van der Waals surface area contributed by atoms with Crippen molar-refractivity contribution >= 4 is 16.6 Å². The largest absolute Gasteiger partial charge is 0.479 e. The maximum Gasteiger partial charge on any atom is 0.186 e. The Hall–Kier alpha value is -1.56. The van der Waals surface area contributed by atoms with Gasteiger partial charge in [0.15, 0.2) is 22.5 Å². The van der Waals surface area contributed by atoms with Crippen molar-refractivity contribution in [2.45, 2.75) is 90.1 Å². The Morgan fingerprint density at radius 3 is 2.13 bits per heavy atom. The molecule has 1 aliphatic heterocycles. The van der Waals surface area contributed by atoms with Crippen LogP contribution < -0.4 is 5.32 Å². The van der Waals surface area contributed by atoms with Gasteiger partial charge in [-0.1, -0.05) is 44.3 Å². The second-order valence-electron chi connectivity index (χ2n) is 10.3. The van der Waals surface area contributed by atoms with Crippen LogP contribution >= 0.6 is 0 Å². The summed E-state index contributed by atoms with van der Waals surface area (Å²) in [7, 11) is -2.85. The van der Waals surface area contributed by atoms with Gasteiger partial charge < -0.3 is 14.2 Å². The second-order valence-corrected chi connectivity index (χ2v) is 19.3. The number of nitrogens with one attached hydrogen (secondary N) is 1. The summed E-state index contributed by atoms with van der Waals surface area (Å²) in [6, 6.07) is 3.54. The molecule has 1 N–H and O–H groups in total. The average Bonchev–Trinajstić information content (AvgIpc) is 2.71. The van der Waals surface area contributed by atoms with Crippen molar-refractivity contribution in [2.24, 2.45) is 0 Å². The summed E-state index contributed by atoms with van der Waals surface area (Å²) in [5, 5.41) is 12.3. The van der Waals surface area contributed by atoms with Crippen molar-refractivity contribution in [1.29, 1.82) is 5.26 Å². The summed E-state index contributed by atoms with van der Waals surface area (Å²) in [5.74, 6) is 0.878. The van der Waals surface area contributed by atoms with E-state index in [0.29, 0.717) is 0 Å². The van der Waals surface area contributed by atoms with Crippen LogP contribution in [0.3, 0.4) is 0 Å². The van der Waals surface area contributed by atoms with E-state index in [2.05, 4.69) is 56.3 Å². The van der Waals surface area contributed by atoms with Crippen LogP contribution in [0.2, 0.25) is 38.8 Å². The third kappa shape index (κ3) is 10.5. The first kappa shape index (κ1) is 25.7. The van der Waals surface area contributed by atoms with Crippen LogP contribution in [0.15, 0.2) is 46.9 Å². The normalized spacial score (nSPS) is 17.0. The second kappa shape index (κ2) is 12.5. The molecule has 1 heterocycles. The summed E-state index contributed by atoms with van der Waals surface area (Å²) in [6.07, 6.45) is 17.6. The third-order valence-electron chi connectivity index (χ3n) is 5.61. The molecule has 0 spiro atoms. The van der Waals surface area contributed by atoms with E-state index in [4.69, 9.17) is 14.1 Å². The molecule has 31 heavy (non-hydrogen) atoms. The highest BCUT2D eigenvalue weighted by Gasteiger charge is 2.28. The fraction of sp³-hybridized carbons (Fsp3) is 0.640. The number of hydrogen-bond acceptors (Lipinski definition) is 4. The van der Waals surface area contributed by atoms with Gasteiger partial charge in [-0.15, -0.1) is 0 Å². The van der Waals surface area contributed by atoms with Crippen LogP contribution in [-0.4, -0.2) is 29.8 Å². The molecule has 0 bridgehead atoms. The summed E-state index contributed by atoms with van der Waals surface area (Å²) in [4.78, 5) is 0. The summed E-state index contributed by atoms with van der Waals surface area (Å²) >= 11 is 0. The van der Waals surface area contributed by atoms with Crippen molar-refractivity contribution < 1.29 is 8.85 Å². The first-order valence-electron chi connectivity index (χ1n) is 12.0. The molecule has 0 aromatic carbocycles. The Morgan fingerprint density at radius 1 is 0.871 bits per heavy atom. The SMILES string of the molecule is C[Si](C)(C)O[Si](C)(C)CCCCCCCCOC1=CC=C(C2=CC=C(C#N)CC2)CN1. The van der Waals surface area contributed by atoms with Crippen molar-refractivity contribution in [3.8, 4) is 6.07 Å². The van der Waals surface area contributed by atoms with Crippen LogP contribution in [0, 0.1) is 11.3 Å². The third-order valence-corrected chi connectivity index (χ3v) is 11.8. The molecule has 0 radical (unpaired) electrons. The molecule has 0 fully saturated rings. The van der Waals surface area contributed by atoms with Crippen LogP contribution in [0.25, 0.3) is 0 Å². The lowest BCUT2D eigenvalue weighted by atomic mass is 9.92. The number of hydrogen-bond donors (Lipinski definition) is 1. The lowest BCUT2D eigenvalue weighted by molar-refractivity contribution is 0.185. The summed E-state index contributed by atoms with van der Waals surface area (Å²) in [5.41, 5.74) is 3.48. The molecule has 172 valence electrons. The van der Waals surface area contributed by atoms with Gasteiger partial charge in [-0.3, -0.25) is 0 Å². The van der Waals surface area contributed by atoms with Crippen LogP contribution in [0.5, 0.6) is 0 Å². The van der Waals surface area contributed by atoms with Crippen molar-refractivity contribution in [2.75, 3.05) is 13.2 Å². The number of unbranched alkanes of at least 4 members (excludes halogenated alkanes) is 5. The molecule has 2 aliphatic rings. The smallest absolute Gasteiger partial charge is 0.186 e. The Labute approximate surface area is 192 Å². The zero-order chi connectivity index (χ0) is 22.7. The molecule has 0 amide bonds. The minimum atomic E-state index is -1.46. The zero-order valence-corrected chi connectivity index (χ0v) is 22.4. The van der Waals surface area contributed by atoms with Gasteiger partial charge in [0.1, 0.15) is 0 Å². The van der Waals surface area contributed by atoms with Gasteiger partial charge in [-0.2, -0.15) is 5.26 Å². The van der Waals surface area contributed by atoms with E-state index < -0.39 is 16.6 Å². The maximum absolute atomic E-state index is 8.96. The minimum absolute atomic E-state index is 0.781.